The summed E-state index contributed by atoms with van der Waals surface area (Å²) in [5, 5.41) is 11.6. The van der Waals surface area contributed by atoms with Gasteiger partial charge in [0, 0.05) is 51.5 Å². The van der Waals surface area contributed by atoms with Crippen molar-refractivity contribution in [3.05, 3.63) is 64.7 Å². The molecule has 1 aliphatic heterocycles. The number of amides is 5. The number of benzene rings is 2. The van der Waals surface area contributed by atoms with Crippen molar-refractivity contribution in [1.82, 2.24) is 15.1 Å². The minimum Gasteiger partial charge on any atom is -0.354 e. The van der Waals surface area contributed by atoms with Crippen LogP contribution in [0.1, 0.15) is 52.2 Å². The average molecular weight is 519 g/mol. The predicted molar refractivity (Wildman–Crippen MR) is 143 cm³/mol. The van der Waals surface area contributed by atoms with E-state index in [4.69, 9.17) is 11.0 Å². The van der Waals surface area contributed by atoms with Crippen molar-refractivity contribution >= 4 is 29.4 Å². The third kappa shape index (κ3) is 7.09. The zero-order valence-corrected chi connectivity index (χ0v) is 22.1. The molecule has 200 valence electrons. The number of hydrogen-bond acceptors (Lipinski definition) is 5. The first-order chi connectivity index (χ1) is 18.1. The highest BCUT2D eigenvalue weighted by Gasteiger charge is 2.26. The van der Waals surface area contributed by atoms with Gasteiger partial charge in [0.05, 0.1) is 11.6 Å². The maximum atomic E-state index is 13.3. The van der Waals surface area contributed by atoms with Crippen LogP contribution < -0.4 is 16.0 Å². The van der Waals surface area contributed by atoms with E-state index in [1.165, 1.54) is 15.4 Å². The third-order valence-corrected chi connectivity index (χ3v) is 6.77. The lowest BCUT2D eigenvalue weighted by molar-refractivity contribution is -0.134. The van der Waals surface area contributed by atoms with Crippen molar-refractivity contribution in [2.45, 2.75) is 32.1 Å². The maximum absolute atomic E-state index is 13.3. The molecule has 1 heterocycles. The summed E-state index contributed by atoms with van der Waals surface area (Å²) in [6, 6.07) is 14.2. The molecule has 5 amide bonds. The van der Waals surface area contributed by atoms with Gasteiger partial charge in [-0.3, -0.25) is 19.3 Å². The van der Waals surface area contributed by atoms with Crippen LogP contribution in [-0.4, -0.2) is 73.8 Å². The number of nitrogens with one attached hydrogen (secondary N) is 1. The van der Waals surface area contributed by atoms with Crippen LogP contribution in [0.3, 0.4) is 0 Å². The number of rotatable bonds is 8. The monoisotopic (exact) mass is 518 g/mol. The van der Waals surface area contributed by atoms with Gasteiger partial charge in [-0.25, -0.2) is 4.79 Å². The molecule has 1 saturated heterocycles. The number of nitrogens with two attached hydrogens (primary N) is 1. The van der Waals surface area contributed by atoms with E-state index in [0.29, 0.717) is 35.8 Å². The zero-order chi connectivity index (χ0) is 27.8. The quantitative estimate of drug-likeness (QED) is 0.517. The first-order valence-electron chi connectivity index (χ1n) is 12.5. The van der Waals surface area contributed by atoms with E-state index in [9.17, 15) is 19.2 Å². The van der Waals surface area contributed by atoms with E-state index in [2.05, 4.69) is 11.4 Å². The van der Waals surface area contributed by atoms with Gasteiger partial charge < -0.3 is 20.9 Å². The number of hydrogen-bond donors (Lipinski definition) is 2. The lowest BCUT2D eigenvalue weighted by Gasteiger charge is -2.32. The van der Waals surface area contributed by atoms with Gasteiger partial charge in [-0.15, -0.1) is 0 Å². The largest absolute Gasteiger partial charge is 0.354 e. The molecule has 3 rings (SSSR count). The molecular formula is C28H34N6O4. The summed E-state index contributed by atoms with van der Waals surface area (Å²) in [4.78, 5) is 53.7. The second kappa shape index (κ2) is 12.7. The lowest BCUT2D eigenvalue weighted by atomic mass is 9.89. The fourth-order valence-corrected chi connectivity index (χ4v) is 4.48. The minimum absolute atomic E-state index is 0.0890. The lowest BCUT2D eigenvalue weighted by Crippen LogP contribution is -2.43. The topological polar surface area (TPSA) is 140 Å². The van der Waals surface area contributed by atoms with E-state index in [0.717, 1.165) is 18.4 Å². The maximum Gasteiger partial charge on any atom is 0.319 e. The van der Waals surface area contributed by atoms with Crippen LogP contribution >= 0.6 is 0 Å². The molecule has 1 aliphatic rings. The summed E-state index contributed by atoms with van der Waals surface area (Å²) < 4.78 is 0. The number of piperidine rings is 1. The Hall–Kier alpha value is -4.39. The second-order valence-corrected chi connectivity index (χ2v) is 9.61. The normalized spacial score (nSPS) is 13.4. The van der Waals surface area contributed by atoms with Gasteiger partial charge in [0.15, 0.2) is 0 Å². The van der Waals surface area contributed by atoms with Gasteiger partial charge in [0.1, 0.15) is 6.42 Å². The number of primary amides is 1. The summed E-state index contributed by atoms with van der Waals surface area (Å²) in [5.41, 5.74) is 9.14. The third-order valence-electron chi connectivity index (χ3n) is 6.77. The number of carbonyl (C=O) groups excluding carboxylic acids is 4. The number of nitrogens with zero attached hydrogens (tertiary/aromatic N) is 4. The van der Waals surface area contributed by atoms with E-state index >= 15 is 0 Å². The molecule has 0 aliphatic carbocycles. The molecule has 0 radical (unpaired) electrons. The number of nitriles is 1. The Balaban J connectivity index is 1.63. The molecular weight excluding hydrogens is 484 g/mol. The van der Waals surface area contributed by atoms with Crippen LogP contribution in [0.25, 0.3) is 0 Å². The zero-order valence-electron chi connectivity index (χ0n) is 22.1. The number of aryl methyl sites for hydroxylation is 1. The van der Waals surface area contributed by atoms with Gasteiger partial charge in [-0.05, 0) is 61.1 Å². The van der Waals surface area contributed by atoms with Crippen molar-refractivity contribution in [1.29, 1.82) is 5.26 Å². The number of anilines is 1. The standard InChI is InChI=1S/C28H34N6O4/c1-19-4-7-23(16-24(19)34(28(30)38)15-12-31-25(35)17-26(36)32(2)3)27(37)33-13-10-22(11-14-33)21-8-5-20(18-29)6-9-21/h4-9,16,22H,10-15,17H2,1-3H3,(H2,30,38)(H,31,35). The molecule has 3 N–H and O–H groups in total. The summed E-state index contributed by atoms with van der Waals surface area (Å²) >= 11 is 0. The smallest absolute Gasteiger partial charge is 0.319 e. The summed E-state index contributed by atoms with van der Waals surface area (Å²) in [6.07, 6.45) is 1.36. The highest BCUT2D eigenvalue weighted by atomic mass is 16.2. The molecule has 0 bridgehead atoms. The van der Waals surface area contributed by atoms with Crippen LogP contribution in [0.4, 0.5) is 10.5 Å². The molecule has 1 fully saturated rings. The first-order valence-corrected chi connectivity index (χ1v) is 12.5. The summed E-state index contributed by atoms with van der Waals surface area (Å²) in [7, 11) is 3.14. The van der Waals surface area contributed by atoms with Gasteiger partial charge >= 0.3 is 6.03 Å². The first kappa shape index (κ1) is 28.2. The molecule has 0 atom stereocenters. The van der Waals surface area contributed by atoms with Crippen LogP contribution in [0.2, 0.25) is 0 Å². The molecule has 0 aromatic heterocycles. The van der Waals surface area contributed by atoms with E-state index in [1.807, 2.05) is 36.1 Å². The van der Waals surface area contributed by atoms with Gasteiger partial charge in [0.25, 0.3) is 5.91 Å². The average Bonchev–Trinajstić information content (AvgIpc) is 2.91. The molecule has 0 unspecified atom stereocenters. The molecule has 0 spiro atoms. The van der Waals surface area contributed by atoms with Crippen LogP contribution in [0, 0.1) is 18.3 Å². The predicted octanol–water partition coefficient (Wildman–Crippen LogP) is 2.37. The van der Waals surface area contributed by atoms with E-state index in [1.54, 1.807) is 32.3 Å². The number of likely N-dealkylation sites (tertiary alicyclic amines) is 1. The SMILES string of the molecule is Cc1ccc(C(=O)N2CCC(c3ccc(C#N)cc3)CC2)cc1N(CCNC(=O)CC(=O)N(C)C)C(N)=O. The Morgan fingerprint density at radius 2 is 1.74 bits per heavy atom. The molecule has 2 aromatic carbocycles. The van der Waals surface area contributed by atoms with Gasteiger partial charge in [0.2, 0.25) is 11.8 Å². The molecule has 10 nitrogen and oxygen atoms in total. The van der Waals surface area contributed by atoms with Gasteiger partial charge in [-0.1, -0.05) is 18.2 Å². The summed E-state index contributed by atoms with van der Waals surface area (Å²) in [6.45, 7) is 3.21. The number of urea groups is 1. The Kier molecular flexibility index (Phi) is 9.44. The molecule has 38 heavy (non-hydrogen) atoms. The minimum atomic E-state index is -0.709. The Bertz CT molecular complexity index is 1230. The highest BCUT2D eigenvalue weighted by Crippen LogP contribution is 2.30. The Morgan fingerprint density at radius 1 is 1.08 bits per heavy atom. The van der Waals surface area contributed by atoms with Gasteiger partial charge in [-0.2, -0.15) is 5.26 Å². The van der Waals surface area contributed by atoms with Crippen LogP contribution in [0.15, 0.2) is 42.5 Å². The fourth-order valence-electron chi connectivity index (χ4n) is 4.48. The van der Waals surface area contributed by atoms with E-state index < -0.39 is 11.9 Å². The second-order valence-electron chi connectivity index (χ2n) is 9.61. The van der Waals surface area contributed by atoms with Crippen molar-refractivity contribution < 1.29 is 19.2 Å². The highest BCUT2D eigenvalue weighted by molar-refractivity contribution is 5.98. The van der Waals surface area contributed by atoms with Crippen molar-refractivity contribution in [2.24, 2.45) is 5.73 Å². The fraction of sp³-hybridized carbons (Fsp3) is 0.393. The molecule has 10 heteroatoms. The Labute approximate surface area is 223 Å². The van der Waals surface area contributed by atoms with Crippen molar-refractivity contribution in [3.63, 3.8) is 0 Å². The number of carbonyl (C=O) groups is 4. The van der Waals surface area contributed by atoms with Crippen LogP contribution in [-0.2, 0) is 9.59 Å². The molecule has 2 aromatic rings. The van der Waals surface area contributed by atoms with Crippen molar-refractivity contribution in [3.8, 4) is 6.07 Å². The van der Waals surface area contributed by atoms with Crippen molar-refractivity contribution in [2.75, 3.05) is 45.2 Å². The summed E-state index contributed by atoms with van der Waals surface area (Å²) in [5.74, 6) is -0.561. The Morgan fingerprint density at radius 3 is 2.32 bits per heavy atom. The van der Waals surface area contributed by atoms with E-state index in [-0.39, 0.29) is 31.3 Å². The van der Waals surface area contributed by atoms with Crippen LogP contribution in [0.5, 0.6) is 0 Å². The molecule has 0 saturated carbocycles.